The van der Waals surface area contributed by atoms with Crippen molar-refractivity contribution in [2.45, 2.75) is 37.0 Å². The van der Waals surface area contributed by atoms with Gasteiger partial charge in [-0.3, -0.25) is 9.52 Å². The molecule has 172 valence electrons. The summed E-state index contributed by atoms with van der Waals surface area (Å²) in [5.74, 6) is -0.0689. The molecule has 0 heterocycles. The molecule has 0 fully saturated rings. The zero-order chi connectivity index (χ0) is 23.4. The molecule has 0 radical (unpaired) electrons. The van der Waals surface area contributed by atoms with Crippen molar-refractivity contribution in [1.29, 1.82) is 0 Å². The Morgan fingerprint density at radius 3 is 2.52 bits per heavy atom. The lowest BCUT2D eigenvalue weighted by Gasteiger charge is -2.17. The third-order valence-corrected chi connectivity index (χ3v) is 7.35. The maximum absolute atomic E-state index is 13.0. The van der Waals surface area contributed by atoms with Gasteiger partial charge in [-0.15, -0.1) is 0 Å². The minimum Gasteiger partial charge on any atom is -0.495 e. The summed E-state index contributed by atoms with van der Waals surface area (Å²) in [6.07, 6.45) is 4.73. The second kappa shape index (κ2) is 9.85. The molecular weight excluding hydrogens is 460 g/mol. The van der Waals surface area contributed by atoms with E-state index in [0.29, 0.717) is 5.69 Å². The van der Waals surface area contributed by atoms with Gasteiger partial charge in [-0.1, -0.05) is 41.9 Å². The molecule has 0 saturated carbocycles. The van der Waals surface area contributed by atoms with Crippen LogP contribution in [0.4, 0.5) is 11.4 Å². The molecule has 0 spiro atoms. The molecule has 0 saturated heterocycles. The fourth-order valence-corrected chi connectivity index (χ4v) is 5.51. The summed E-state index contributed by atoms with van der Waals surface area (Å²) in [7, 11) is -2.63. The fourth-order valence-electron chi connectivity index (χ4n) is 4.00. The zero-order valence-corrected chi connectivity index (χ0v) is 19.8. The summed E-state index contributed by atoms with van der Waals surface area (Å²) >= 11 is 6.10. The number of hydrogen-bond acceptors (Lipinski definition) is 4. The summed E-state index contributed by atoms with van der Waals surface area (Å²) < 4.78 is 33.8. The molecule has 1 aliphatic carbocycles. The number of para-hydroxylation sites is 1. The minimum absolute atomic E-state index is 0.100. The van der Waals surface area contributed by atoms with E-state index in [1.807, 2.05) is 6.07 Å². The van der Waals surface area contributed by atoms with Gasteiger partial charge in [0.2, 0.25) is 5.91 Å². The standard InChI is InChI=1S/C25H25ClN2O4S/c1-32-23-13-12-20(16-24(23)33(30,31)28-22-9-5-4-8-21(22)26)27-25(29)15-17-10-11-18-6-2-3-7-19(18)14-17/h4-5,8-14,16,28H,2-3,6-7,15H2,1H3,(H,27,29). The van der Waals surface area contributed by atoms with Crippen LogP contribution in [0.2, 0.25) is 5.02 Å². The molecule has 6 nitrogen and oxygen atoms in total. The molecule has 3 aromatic rings. The molecule has 0 unspecified atom stereocenters. The number of sulfonamides is 1. The number of ether oxygens (including phenoxy) is 1. The van der Waals surface area contributed by atoms with Crippen molar-refractivity contribution in [3.8, 4) is 5.75 Å². The van der Waals surface area contributed by atoms with Crippen LogP contribution in [0.1, 0.15) is 29.5 Å². The highest BCUT2D eigenvalue weighted by Gasteiger charge is 2.22. The Morgan fingerprint density at radius 2 is 1.76 bits per heavy atom. The lowest BCUT2D eigenvalue weighted by Crippen LogP contribution is -2.17. The maximum atomic E-state index is 13.0. The lowest BCUT2D eigenvalue weighted by molar-refractivity contribution is -0.115. The average Bonchev–Trinajstić information content (AvgIpc) is 2.80. The van der Waals surface area contributed by atoms with Crippen LogP contribution in [-0.2, 0) is 34.1 Å². The number of rotatable bonds is 7. The van der Waals surface area contributed by atoms with E-state index in [-0.39, 0.29) is 33.7 Å². The number of methoxy groups -OCH3 is 1. The third-order valence-electron chi connectivity index (χ3n) is 5.63. The molecule has 0 aromatic heterocycles. The Labute approximate surface area is 199 Å². The van der Waals surface area contributed by atoms with Crippen molar-refractivity contribution in [2.24, 2.45) is 0 Å². The van der Waals surface area contributed by atoms with Crippen LogP contribution in [0.5, 0.6) is 5.75 Å². The van der Waals surface area contributed by atoms with E-state index in [2.05, 4.69) is 22.2 Å². The summed E-state index contributed by atoms with van der Waals surface area (Å²) in [6, 6.07) is 17.2. The molecule has 0 atom stereocenters. The Kier molecular flexibility index (Phi) is 6.91. The van der Waals surface area contributed by atoms with Gasteiger partial charge < -0.3 is 10.1 Å². The average molecular weight is 485 g/mol. The van der Waals surface area contributed by atoms with Crippen LogP contribution in [-0.4, -0.2) is 21.4 Å². The number of benzene rings is 3. The largest absolute Gasteiger partial charge is 0.495 e. The molecular formula is C25H25ClN2O4S. The van der Waals surface area contributed by atoms with E-state index in [4.69, 9.17) is 16.3 Å². The smallest absolute Gasteiger partial charge is 0.265 e. The Balaban J connectivity index is 1.52. The van der Waals surface area contributed by atoms with Gasteiger partial charge >= 0.3 is 0 Å². The number of nitrogens with one attached hydrogen (secondary N) is 2. The van der Waals surface area contributed by atoms with Gasteiger partial charge in [-0.25, -0.2) is 8.42 Å². The van der Waals surface area contributed by atoms with Crippen molar-refractivity contribution in [1.82, 2.24) is 0 Å². The monoisotopic (exact) mass is 484 g/mol. The highest BCUT2D eigenvalue weighted by Crippen LogP contribution is 2.31. The Morgan fingerprint density at radius 1 is 1.00 bits per heavy atom. The predicted molar refractivity (Wildman–Crippen MR) is 131 cm³/mol. The zero-order valence-electron chi connectivity index (χ0n) is 18.2. The Hall–Kier alpha value is -3.03. The normalized spacial score (nSPS) is 13.2. The van der Waals surface area contributed by atoms with Crippen LogP contribution in [0.3, 0.4) is 0 Å². The third kappa shape index (κ3) is 5.49. The van der Waals surface area contributed by atoms with Crippen molar-refractivity contribution >= 4 is 38.9 Å². The van der Waals surface area contributed by atoms with E-state index in [1.54, 1.807) is 30.3 Å². The van der Waals surface area contributed by atoms with E-state index in [0.717, 1.165) is 18.4 Å². The van der Waals surface area contributed by atoms with Gasteiger partial charge in [0.1, 0.15) is 10.6 Å². The SMILES string of the molecule is COc1ccc(NC(=O)Cc2ccc3c(c2)CCCC3)cc1S(=O)(=O)Nc1ccccc1Cl. The van der Waals surface area contributed by atoms with E-state index < -0.39 is 10.0 Å². The first-order valence-electron chi connectivity index (χ1n) is 10.7. The highest BCUT2D eigenvalue weighted by atomic mass is 35.5. The first kappa shape index (κ1) is 23.1. The summed E-state index contributed by atoms with van der Waals surface area (Å²) in [5.41, 5.74) is 4.23. The molecule has 0 aliphatic heterocycles. The quantitative estimate of drug-likeness (QED) is 0.482. The van der Waals surface area contributed by atoms with Crippen molar-refractivity contribution in [3.63, 3.8) is 0 Å². The number of carbonyl (C=O) groups excluding carboxylic acids is 1. The first-order valence-corrected chi connectivity index (χ1v) is 12.6. The number of hydrogen-bond donors (Lipinski definition) is 2. The maximum Gasteiger partial charge on any atom is 0.265 e. The molecule has 2 N–H and O–H groups in total. The molecule has 33 heavy (non-hydrogen) atoms. The first-order chi connectivity index (χ1) is 15.9. The molecule has 4 rings (SSSR count). The van der Waals surface area contributed by atoms with Gasteiger partial charge in [0.25, 0.3) is 10.0 Å². The van der Waals surface area contributed by atoms with Crippen LogP contribution in [0, 0.1) is 0 Å². The van der Waals surface area contributed by atoms with Crippen LogP contribution >= 0.6 is 11.6 Å². The van der Waals surface area contributed by atoms with Crippen molar-refractivity contribution in [2.75, 3.05) is 17.1 Å². The number of fused-ring (bicyclic) bond motifs is 1. The highest BCUT2D eigenvalue weighted by molar-refractivity contribution is 7.92. The number of amides is 1. The molecule has 0 bridgehead atoms. The molecule has 1 aliphatic rings. The second-order valence-corrected chi connectivity index (χ2v) is 10.0. The lowest BCUT2D eigenvalue weighted by atomic mass is 9.90. The summed E-state index contributed by atoms with van der Waals surface area (Å²) in [4.78, 5) is 12.6. The number of halogens is 1. The van der Waals surface area contributed by atoms with Gasteiger partial charge in [-0.05, 0) is 72.7 Å². The molecule has 3 aromatic carbocycles. The van der Waals surface area contributed by atoms with Gasteiger partial charge in [0.05, 0.1) is 24.2 Å². The topological polar surface area (TPSA) is 84.5 Å². The minimum atomic E-state index is -4.02. The van der Waals surface area contributed by atoms with E-state index in [9.17, 15) is 13.2 Å². The van der Waals surface area contributed by atoms with E-state index in [1.165, 1.54) is 43.2 Å². The van der Waals surface area contributed by atoms with E-state index >= 15 is 0 Å². The number of aryl methyl sites for hydroxylation is 2. The van der Waals surface area contributed by atoms with Crippen LogP contribution in [0.15, 0.2) is 65.6 Å². The summed E-state index contributed by atoms with van der Waals surface area (Å²) in [6.45, 7) is 0. The molecule has 1 amide bonds. The number of carbonyl (C=O) groups is 1. The predicted octanol–water partition coefficient (Wildman–Crippen LogP) is 5.21. The second-order valence-electron chi connectivity index (χ2n) is 7.99. The van der Waals surface area contributed by atoms with Gasteiger partial charge in [0, 0.05) is 5.69 Å². The van der Waals surface area contributed by atoms with Crippen molar-refractivity contribution < 1.29 is 17.9 Å². The fraction of sp³-hybridized carbons (Fsp3) is 0.240. The molecule has 8 heteroatoms. The number of anilines is 2. The van der Waals surface area contributed by atoms with Crippen LogP contribution in [0.25, 0.3) is 0 Å². The summed E-state index contributed by atoms with van der Waals surface area (Å²) in [5, 5.41) is 3.07. The Bertz CT molecular complexity index is 1290. The van der Waals surface area contributed by atoms with Gasteiger partial charge in [0.15, 0.2) is 0 Å². The van der Waals surface area contributed by atoms with Crippen LogP contribution < -0.4 is 14.8 Å². The van der Waals surface area contributed by atoms with Gasteiger partial charge in [-0.2, -0.15) is 0 Å². The van der Waals surface area contributed by atoms with Crippen molar-refractivity contribution in [3.05, 3.63) is 82.4 Å².